The van der Waals surface area contributed by atoms with E-state index < -0.39 is 206 Å². The van der Waals surface area contributed by atoms with Crippen LogP contribution in [0.3, 0.4) is 0 Å². The summed E-state index contributed by atoms with van der Waals surface area (Å²) in [4.78, 5) is 60.6. The lowest BCUT2D eigenvalue weighted by Crippen LogP contribution is -2.71. The summed E-state index contributed by atoms with van der Waals surface area (Å²) in [5.74, 6) is -5.62. The summed E-state index contributed by atoms with van der Waals surface area (Å²) >= 11 is 0. The average molecular weight is 1340 g/mol. The highest BCUT2D eigenvalue weighted by Crippen LogP contribution is 2.38. The van der Waals surface area contributed by atoms with Crippen LogP contribution in [0.2, 0.25) is 0 Å². The third-order valence-electron chi connectivity index (χ3n) is 12.5. The van der Waals surface area contributed by atoms with Gasteiger partial charge >= 0.3 is 63.8 Å². The summed E-state index contributed by atoms with van der Waals surface area (Å²) in [6.07, 6.45) is -49.1. The monoisotopic (exact) mass is 1340 g/mol. The third kappa shape index (κ3) is 17.7. The highest BCUT2D eigenvalue weighted by molar-refractivity contribution is 7.83. The van der Waals surface area contributed by atoms with E-state index >= 15 is 0 Å². The zero-order chi connectivity index (χ0) is 64.5. The van der Waals surface area contributed by atoms with E-state index in [1.54, 1.807) is 48.5 Å². The second kappa shape index (κ2) is 27.4. The van der Waals surface area contributed by atoms with Crippen LogP contribution in [-0.2, 0) is 116 Å². The highest BCUT2D eigenvalue weighted by atomic mass is 32.3. The van der Waals surface area contributed by atoms with Gasteiger partial charge in [-0.3, -0.25) is 37.1 Å². The summed E-state index contributed by atoms with van der Waals surface area (Å²) < 4.78 is 222. The normalized spacial score (nSPS) is 34.4. The number of ether oxygens (including phenoxy) is 7. The van der Waals surface area contributed by atoms with E-state index in [2.05, 4.69) is 16.7 Å². The molecule has 46 heteroatoms. The maximum atomic E-state index is 12.7. The number of aliphatic carboxylic acids is 2. The molecule has 41 nitrogen and oxygen atoms in total. The molecule has 0 unspecified atom stereocenters. The first-order valence-electron chi connectivity index (χ1n) is 23.5. The standard InChI is InChI=1S/C26H42N2O37S5.C14H8O2/c1-4(30)27-7-9(31)13(6(56-23(7)39)3-55-67(43,44)45)58-26-19(65-70(52,53)54)12(34)16(20(62-26)22(37)38)60-24-8(28-66(40,41)42)15(63-68(46,47)48)14(5(2-29)57-24)59-25-18(64-69(49,50)51)11(33)10(32)17(61-25)21(35)36;15-13-9-5-1-2-6-10(9)14(16)12-8-4-3-7-11(12)13/h5-20,23-26,28-29,31-34,39H,2-3H2,1H3,(H,27,30)(H,35,36)(H,37,38)(H,40,41,42)(H,43,44,45)(H,46,47,48)(H,49,50,51)(H,52,53,54);1-8H/t5-,6+,7-,8-,9-,10-,11-,12+,13-,14-,15-,16+,17-,18+,19-,20+,23-,24+,25+,26-;/m1./s1. The molecule has 0 saturated carbocycles. The Morgan fingerprint density at radius 3 is 1.35 bits per heavy atom. The van der Waals surface area contributed by atoms with Gasteiger partial charge in [0.25, 0.3) is 0 Å². The number of carboxylic acid groups (broad SMARTS) is 2. The molecule has 1 amide bonds. The van der Waals surface area contributed by atoms with Crippen LogP contribution in [0.5, 0.6) is 0 Å². The first-order valence-corrected chi connectivity index (χ1v) is 30.4. The van der Waals surface area contributed by atoms with E-state index in [-0.39, 0.29) is 11.6 Å². The van der Waals surface area contributed by atoms with Crippen molar-refractivity contribution in [2.24, 2.45) is 0 Å². The molecule has 0 spiro atoms. The number of rotatable bonds is 21. The summed E-state index contributed by atoms with van der Waals surface area (Å²) in [7, 11) is -29.1. The Morgan fingerprint density at radius 2 is 0.930 bits per heavy atom. The highest BCUT2D eigenvalue weighted by Gasteiger charge is 2.60. The van der Waals surface area contributed by atoms with Crippen molar-refractivity contribution in [3.63, 3.8) is 0 Å². The predicted molar refractivity (Wildman–Crippen MR) is 260 cm³/mol. The van der Waals surface area contributed by atoms with E-state index in [1.165, 1.54) is 4.72 Å². The number of carboxylic acids is 2. The van der Waals surface area contributed by atoms with Crippen LogP contribution >= 0.6 is 0 Å². The molecular formula is C40H50N2O39S5. The minimum Gasteiger partial charge on any atom is -0.479 e. The number of hydrogen-bond acceptors (Lipinski definition) is 32. The van der Waals surface area contributed by atoms with E-state index in [0.717, 1.165) is 6.92 Å². The number of carbonyl (C=O) groups excluding carboxylic acids is 3. The number of benzene rings is 2. The number of ketones is 2. The first kappa shape index (κ1) is 70.1. The van der Waals surface area contributed by atoms with E-state index in [0.29, 0.717) is 22.3 Å². The number of nitrogens with one attached hydrogen (secondary N) is 2. The minimum absolute atomic E-state index is 0.0641. The SMILES string of the molecule is CC(=O)N[C@@H]1[C@@H](O)[C@H](O[C@@H]2O[C@H](C(=O)O)[C@@H](O[C@@H]3O[C@H](CO)[C@@H](O[C@H]4O[C@@H](C(=O)O)[C@H](O)[C@@H](O)[C@@H]4OS(=O)(=O)O)[C@H](OS(=O)(=O)O)[C@H]3NS(=O)(=O)O)[C@H](O)[C@H]2OS(=O)(=O)O)[C@H](COS(=O)(=O)O)O[C@H]1O.O=C1c2ccccc2C(=O)c2ccccc21. The quantitative estimate of drug-likeness (QED) is 0.0441. The Labute approximate surface area is 482 Å². The summed E-state index contributed by atoms with van der Waals surface area (Å²) in [6.45, 7) is -2.24. The van der Waals surface area contributed by atoms with Gasteiger partial charge in [-0.1, -0.05) is 48.5 Å². The van der Waals surface area contributed by atoms with E-state index in [9.17, 15) is 125 Å². The van der Waals surface area contributed by atoms with Crippen LogP contribution in [0.25, 0.3) is 0 Å². The molecule has 484 valence electrons. The third-order valence-corrected chi connectivity index (χ3v) is 14.9. The molecule has 4 saturated heterocycles. The largest absolute Gasteiger partial charge is 0.479 e. The fourth-order valence-electron chi connectivity index (χ4n) is 9.10. The van der Waals surface area contributed by atoms with Gasteiger partial charge in [0.2, 0.25) is 5.91 Å². The van der Waals surface area contributed by atoms with Crippen molar-refractivity contribution >= 4 is 81.3 Å². The van der Waals surface area contributed by atoms with Gasteiger partial charge < -0.3 is 79.3 Å². The van der Waals surface area contributed by atoms with Crippen molar-refractivity contribution < 1.29 is 180 Å². The topological polar surface area (TPSA) is 645 Å². The Hall–Kier alpha value is -4.98. The maximum absolute atomic E-state index is 12.7. The first-order chi connectivity index (χ1) is 39.6. The van der Waals surface area contributed by atoms with Crippen LogP contribution in [-0.4, -0.2) is 271 Å². The van der Waals surface area contributed by atoms with Gasteiger partial charge in [0, 0.05) is 29.2 Å². The summed E-state index contributed by atoms with van der Waals surface area (Å²) in [6, 6.07) is 8.94. The van der Waals surface area contributed by atoms with Gasteiger partial charge in [-0.25, -0.2) is 26.3 Å². The number of fused-ring (bicyclic) bond motifs is 2. The molecule has 0 aromatic heterocycles. The molecule has 15 N–H and O–H groups in total. The zero-order valence-corrected chi connectivity index (χ0v) is 46.6. The molecule has 4 fully saturated rings. The molecule has 4 heterocycles. The Bertz CT molecular complexity index is 3320. The molecule has 4 aliphatic heterocycles. The molecule has 5 aliphatic rings. The van der Waals surface area contributed by atoms with Crippen LogP contribution < -0.4 is 10.0 Å². The van der Waals surface area contributed by atoms with Crippen LogP contribution in [0.1, 0.15) is 38.8 Å². The zero-order valence-electron chi connectivity index (χ0n) is 42.5. The Morgan fingerprint density at radius 1 is 0.500 bits per heavy atom. The number of aliphatic hydroxyl groups excluding tert-OH is 6. The molecular weight excluding hydrogens is 1290 g/mol. The van der Waals surface area contributed by atoms with Crippen molar-refractivity contribution in [1.82, 2.24) is 10.0 Å². The van der Waals surface area contributed by atoms with Crippen LogP contribution in [0, 0.1) is 0 Å². The lowest BCUT2D eigenvalue weighted by Gasteiger charge is -2.50. The van der Waals surface area contributed by atoms with Gasteiger partial charge in [-0.15, -0.1) is 0 Å². The number of aliphatic hydroxyl groups is 6. The van der Waals surface area contributed by atoms with Crippen molar-refractivity contribution in [3.8, 4) is 0 Å². The number of carbonyl (C=O) groups is 5. The van der Waals surface area contributed by atoms with E-state index in [4.69, 9.17) is 37.7 Å². The number of amides is 1. The summed E-state index contributed by atoms with van der Waals surface area (Å²) in [5.41, 5.74) is 2.02. The van der Waals surface area contributed by atoms with Gasteiger partial charge in [0.15, 0.2) is 61.1 Å². The van der Waals surface area contributed by atoms with Gasteiger partial charge in [0.05, 0.1) is 13.2 Å². The van der Waals surface area contributed by atoms with E-state index in [1.807, 2.05) is 5.32 Å². The molecule has 0 radical (unpaired) electrons. The number of hydrogen-bond donors (Lipinski definition) is 15. The van der Waals surface area contributed by atoms with Gasteiger partial charge in [-0.05, 0) is 0 Å². The maximum Gasteiger partial charge on any atom is 0.397 e. The van der Waals surface area contributed by atoms with Crippen LogP contribution in [0.4, 0.5) is 0 Å². The molecule has 1 aliphatic carbocycles. The fourth-order valence-corrected chi connectivity index (χ4v) is 11.5. The predicted octanol–water partition coefficient (Wildman–Crippen LogP) is -8.25. The van der Waals surface area contributed by atoms with Crippen molar-refractivity contribution in [2.45, 2.75) is 130 Å². The molecule has 20 atom stereocenters. The average Bonchev–Trinajstić information content (AvgIpc) is 0.882. The van der Waals surface area contributed by atoms with Crippen molar-refractivity contribution in [3.05, 3.63) is 70.8 Å². The van der Waals surface area contributed by atoms with Gasteiger partial charge in [-0.2, -0.15) is 46.8 Å². The van der Waals surface area contributed by atoms with Crippen molar-refractivity contribution in [1.29, 1.82) is 0 Å². The lowest BCUT2D eigenvalue weighted by atomic mass is 9.84. The summed E-state index contributed by atoms with van der Waals surface area (Å²) in [5, 5.41) is 86.0. The lowest BCUT2D eigenvalue weighted by molar-refractivity contribution is -0.366. The second-order valence-corrected chi connectivity index (χ2v) is 23.8. The molecule has 2 aromatic carbocycles. The molecule has 86 heavy (non-hydrogen) atoms. The van der Waals surface area contributed by atoms with Crippen molar-refractivity contribution in [2.75, 3.05) is 13.2 Å². The van der Waals surface area contributed by atoms with Gasteiger partial charge in [0.1, 0.15) is 73.1 Å². The fraction of sp³-hybridized carbons (Fsp3) is 0.575. The smallest absolute Gasteiger partial charge is 0.397 e. The molecule has 7 rings (SSSR count). The molecule has 2 aromatic rings. The minimum atomic E-state index is -6.09. The molecule has 0 bridgehead atoms. The Balaban J connectivity index is 0.000000627. The van der Waals surface area contributed by atoms with Crippen LogP contribution in [0.15, 0.2) is 48.5 Å². The second-order valence-electron chi connectivity index (χ2n) is 18.4. The Kier molecular flexibility index (Phi) is 22.3.